The summed E-state index contributed by atoms with van der Waals surface area (Å²) in [5.74, 6) is -0.422. The van der Waals surface area contributed by atoms with Gasteiger partial charge in [0.25, 0.3) is 5.91 Å². The van der Waals surface area contributed by atoms with Crippen molar-refractivity contribution in [3.63, 3.8) is 0 Å². The first-order valence-corrected chi connectivity index (χ1v) is 8.72. The molecular weight excluding hydrogens is 362 g/mol. The number of nitrogens with one attached hydrogen (secondary N) is 2. The Hall–Kier alpha value is -3.18. The third kappa shape index (κ3) is 4.71. The van der Waals surface area contributed by atoms with Gasteiger partial charge >= 0.3 is 0 Å². The van der Waals surface area contributed by atoms with Gasteiger partial charge in [-0.2, -0.15) is 0 Å². The highest BCUT2D eigenvalue weighted by molar-refractivity contribution is 6.30. The molecule has 3 rings (SSSR count). The second kappa shape index (κ2) is 8.01. The normalized spacial score (nSPS) is 10.3. The number of anilines is 3. The van der Waals surface area contributed by atoms with Crippen LogP contribution >= 0.6 is 11.6 Å². The van der Waals surface area contributed by atoms with Crippen LogP contribution in [0.1, 0.15) is 33.3 Å². The van der Waals surface area contributed by atoms with Crippen molar-refractivity contribution in [3.05, 3.63) is 82.6 Å². The number of carbonyl (C=O) groups is 2. The smallest absolute Gasteiger partial charge is 0.274 e. The lowest BCUT2D eigenvalue weighted by Gasteiger charge is -2.11. The fourth-order valence-corrected chi connectivity index (χ4v) is 2.70. The van der Waals surface area contributed by atoms with Crippen molar-refractivity contribution in [3.8, 4) is 0 Å². The molecule has 0 atom stereocenters. The predicted octanol–water partition coefficient (Wildman–Crippen LogP) is 5.24. The van der Waals surface area contributed by atoms with Crippen molar-refractivity contribution < 1.29 is 9.59 Å². The van der Waals surface area contributed by atoms with E-state index in [0.717, 1.165) is 16.9 Å². The number of hydrogen-bond acceptors (Lipinski definition) is 4. The van der Waals surface area contributed by atoms with E-state index in [-0.39, 0.29) is 17.4 Å². The molecule has 0 bridgehead atoms. The van der Waals surface area contributed by atoms with Crippen molar-refractivity contribution >= 4 is 40.4 Å². The molecule has 2 N–H and O–H groups in total. The van der Waals surface area contributed by atoms with Crippen LogP contribution in [0, 0.1) is 6.92 Å². The summed E-state index contributed by atoms with van der Waals surface area (Å²) in [4.78, 5) is 28.1. The summed E-state index contributed by atoms with van der Waals surface area (Å²) in [6.07, 6.45) is 1.56. The minimum absolute atomic E-state index is 0.0627. The number of pyridine rings is 1. The van der Waals surface area contributed by atoms with Gasteiger partial charge in [-0.3, -0.25) is 14.6 Å². The van der Waals surface area contributed by atoms with Crippen LogP contribution in [0.5, 0.6) is 0 Å². The minimum atomic E-state index is -0.359. The maximum Gasteiger partial charge on any atom is 0.274 e. The van der Waals surface area contributed by atoms with Gasteiger partial charge < -0.3 is 10.6 Å². The molecule has 0 aliphatic heterocycles. The number of aromatic nitrogens is 1. The van der Waals surface area contributed by atoms with E-state index in [2.05, 4.69) is 15.6 Å². The summed E-state index contributed by atoms with van der Waals surface area (Å²) >= 11 is 6.05. The Morgan fingerprint density at radius 2 is 1.81 bits per heavy atom. The fraction of sp³-hybridized carbons (Fsp3) is 0.0952. The number of benzene rings is 2. The van der Waals surface area contributed by atoms with Gasteiger partial charge in [-0.25, -0.2) is 0 Å². The van der Waals surface area contributed by atoms with Gasteiger partial charge in [0.1, 0.15) is 5.69 Å². The van der Waals surface area contributed by atoms with Gasteiger partial charge in [0.15, 0.2) is 5.78 Å². The topological polar surface area (TPSA) is 71.1 Å². The number of amides is 1. The zero-order valence-electron chi connectivity index (χ0n) is 14.9. The Kier molecular flexibility index (Phi) is 5.52. The van der Waals surface area contributed by atoms with E-state index < -0.39 is 0 Å². The van der Waals surface area contributed by atoms with Crippen LogP contribution in [0.15, 0.2) is 60.8 Å². The van der Waals surface area contributed by atoms with Crippen LogP contribution in [0.2, 0.25) is 5.02 Å². The van der Waals surface area contributed by atoms with E-state index in [9.17, 15) is 9.59 Å². The second-order valence-electron chi connectivity index (χ2n) is 6.11. The highest BCUT2D eigenvalue weighted by atomic mass is 35.5. The molecule has 3 aromatic rings. The van der Waals surface area contributed by atoms with Gasteiger partial charge in [0, 0.05) is 33.8 Å². The first kappa shape index (κ1) is 18.6. The molecular formula is C21H18ClN3O2. The fourth-order valence-electron chi connectivity index (χ4n) is 2.53. The van der Waals surface area contributed by atoms with Crippen LogP contribution < -0.4 is 10.6 Å². The van der Waals surface area contributed by atoms with E-state index >= 15 is 0 Å². The van der Waals surface area contributed by atoms with E-state index in [0.29, 0.717) is 16.3 Å². The lowest BCUT2D eigenvalue weighted by Crippen LogP contribution is -2.14. The standard InChI is InChI=1S/C21H18ClN3O2/c1-13-6-7-16(22)11-19(13)24-18-8-9-23-20(12-18)21(27)25-17-5-3-4-15(10-17)14(2)26/h3-12H,1-2H3,(H,23,24)(H,25,27). The number of nitrogens with zero attached hydrogens (tertiary/aromatic N) is 1. The molecule has 0 saturated carbocycles. The monoisotopic (exact) mass is 379 g/mol. The molecule has 0 spiro atoms. The van der Waals surface area contributed by atoms with Gasteiger partial charge in [0.05, 0.1) is 0 Å². The molecule has 0 radical (unpaired) electrons. The van der Waals surface area contributed by atoms with Crippen LogP contribution in [0.4, 0.5) is 17.1 Å². The Balaban J connectivity index is 1.78. The molecule has 5 nitrogen and oxygen atoms in total. The van der Waals surface area contributed by atoms with Crippen LogP contribution in [-0.4, -0.2) is 16.7 Å². The number of Topliss-reactive ketones (excluding diaryl/α,β-unsaturated/α-hetero) is 1. The van der Waals surface area contributed by atoms with E-state index in [1.165, 1.54) is 6.92 Å². The molecule has 136 valence electrons. The average molecular weight is 380 g/mol. The maximum atomic E-state index is 12.5. The van der Waals surface area contributed by atoms with Crippen LogP contribution in [0.25, 0.3) is 0 Å². The molecule has 0 unspecified atom stereocenters. The molecule has 1 aromatic heterocycles. The molecule has 27 heavy (non-hydrogen) atoms. The number of halogens is 1. The summed E-state index contributed by atoms with van der Waals surface area (Å²) in [6, 6.07) is 15.8. The third-order valence-electron chi connectivity index (χ3n) is 4.00. The Labute approximate surface area is 162 Å². The number of ketones is 1. The van der Waals surface area contributed by atoms with Gasteiger partial charge in [-0.15, -0.1) is 0 Å². The molecule has 2 aromatic carbocycles. The molecule has 1 amide bonds. The van der Waals surface area contributed by atoms with Crippen molar-refractivity contribution in [2.24, 2.45) is 0 Å². The average Bonchev–Trinajstić information content (AvgIpc) is 2.65. The lowest BCUT2D eigenvalue weighted by molar-refractivity contribution is 0.100. The molecule has 0 fully saturated rings. The predicted molar refractivity (Wildman–Crippen MR) is 108 cm³/mol. The lowest BCUT2D eigenvalue weighted by atomic mass is 10.1. The maximum absolute atomic E-state index is 12.5. The van der Waals surface area contributed by atoms with Gasteiger partial charge in [0.2, 0.25) is 0 Å². The molecule has 1 heterocycles. The number of aryl methyl sites for hydroxylation is 1. The molecule has 0 saturated heterocycles. The van der Waals surface area contributed by atoms with Crippen molar-refractivity contribution in [2.45, 2.75) is 13.8 Å². The quantitative estimate of drug-likeness (QED) is 0.594. The van der Waals surface area contributed by atoms with Crippen molar-refractivity contribution in [1.29, 1.82) is 0 Å². The summed E-state index contributed by atoms with van der Waals surface area (Å²) < 4.78 is 0. The van der Waals surface area contributed by atoms with Crippen LogP contribution in [-0.2, 0) is 0 Å². The number of carbonyl (C=O) groups excluding carboxylic acids is 2. The molecule has 0 aliphatic carbocycles. The first-order valence-electron chi connectivity index (χ1n) is 8.34. The van der Waals surface area contributed by atoms with E-state index in [4.69, 9.17) is 11.6 Å². The van der Waals surface area contributed by atoms with Crippen molar-refractivity contribution in [1.82, 2.24) is 4.98 Å². The Morgan fingerprint density at radius 3 is 2.59 bits per heavy atom. The van der Waals surface area contributed by atoms with Crippen LogP contribution in [0.3, 0.4) is 0 Å². The summed E-state index contributed by atoms with van der Waals surface area (Å²) in [5.41, 5.74) is 3.94. The third-order valence-corrected chi connectivity index (χ3v) is 4.23. The molecule has 6 heteroatoms. The SMILES string of the molecule is CC(=O)c1cccc(NC(=O)c2cc(Nc3cc(Cl)ccc3C)ccn2)c1. The Bertz CT molecular complexity index is 1020. The minimum Gasteiger partial charge on any atom is -0.355 e. The second-order valence-corrected chi connectivity index (χ2v) is 6.54. The van der Waals surface area contributed by atoms with E-state index in [1.807, 2.05) is 25.1 Å². The van der Waals surface area contributed by atoms with Crippen molar-refractivity contribution in [2.75, 3.05) is 10.6 Å². The zero-order valence-corrected chi connectivity index (χ0v) is 15.7. The van der Waals surface area contributed by atoms with E-state index in [1.54, 1.807) is 42.6 Å². The number of hydrogen-bond donors (Lipinski definition) is 2. The summed E-state index contributed by atoms with van der Waals surface area (Å²) in [6.45, 7) is 3.45. The Morgan fingerprint density at radius 1 is 1.00 bits per heavy atom. The van der Waals surface area contributed by atoms with Gasteiger partial charge in [-0.05, 0) is 55.8 Å². The first-order chi connectivity index (χ1) is 12.9. The molecule has 0 aliphatic rings. The highest BCUT2D eigenvalue weighted by Gasteiger charge is 2.10. The number of rotatable bonds is 5. The summed E-state index contributed by atoms with van der Waals surface area (Å²) in [7, 11) is 0. The largest absolute Gasteiger partial charge is 0.355 e. The highest BCUT2D eigenvalue weighted by Crippen LogP contribution is 2.24. The zero-order chi connectivity index (χ0) is 19.4. The summed E-state index contributed by atoms with van der Waals surface area (Å²) in [5, 5.41) is 6.64. The van der Waals surface area contributed by atoms with Gasteiger partial charge in [-0.1, -0.05) is 29.8 Å².